The van der Waals surface area contributed by atoms with Gasteiger partial charge in [0.2, 0.25) is 5.91 Å². The van der Waals surface area contributed by atoms with Crippen molar-refractivity contribution in [1.82, 2.24) is 4.90 Å². The van der Waals surface area contributed by atoms with Crippen LogP contribution in [0.4, 0.5) is 10.1 Å². The Bertz CT molecular complexity index is 802. The van der Waals surface area contributed by atoms with Gasteiger partial charge in [-0.2, -0.15) is 0 Å². The number of hydrogen-bond donors (Lipinski definition) is 0. The summed E-state index contributed by atoms with van der Waals surface area (Å²) in [6.45, 7) is 7.37. The molecule has 27 heavy (non-hydrogen) atoms. The van der Waals surface area contributed by atoms with Crippen LogP contribution in [0.15, 0.2) is 36.4 Å². The molecule has 1 amide bonds. The molecule has 3 rings (SSSR count). The lowest BCUT2D eigenvalue weighted by Gasteiger charge is -2.37. The highest BCUT2D eigenvalue weighted by molar-refractivity contribution is 7.99. The first-order chi connectivity index (χ1) is 13.0. The average molecular weight is 407 g/mol. The van der Waals surface area contributed by atoms with E-state index in [1.807, 2.05) is 4.90 Å². The van der Waals surface area contributed by atoms with E-state index in [2.05, 4.69) is 36.9 Å². The molecule has 0 saturated carbocycles. The highest BCUT2D eigenvalue weighted by Gasteiger charge is 2.22. The molecule has 0 aliphatic carbocycles. The maximum atomic E-state index is 13.8. The van der Waals surface area contributed by atoms with Crippen LogP contribution in [0.2, 0.25) is 5.02 Å². The van der Waals surface area contributed by atoms with Crippen LogP contribution in [0.3, 0.4) is 0 Å². The molecule has 1 heterocycles. The Hall–Kier alpha value is -1.72. The number of halogens is 2. The van der Waals surface area contributed by atoms with E-state index in [9.17, 15) is 9.18 Å². The quantitative estimate of drug-likeness (QED) is 0.720. The van der Waals surface area contributed by atoms with Gasteiger partial charge >= 0.3 is 0 Å². The molecule has 2 aromatic carbocycles. The lowest BCUT2D eigenvalue weighted by molar-refractivity contribution is -0.128. The third kappa shape index (κ3) is 4.77. The number of carbonyl (C=O) groups is 1. The summed E-state index contributed by atoms with van der Waals surface area (Å²) in [7, 11) is 0. The topological polar surface area (TPSA) is 23.6 Å². The third-order valence-corrected chi connectivity index (χ3v) is 6.38. The first-order valence-electron chi connectivity index (χ1n) is 9.07. The van der Waals surface area contributed by atoms with Gasteiger partial charge in [0.1, 0.15) is 5.82 Å². The smallest absolute Gasteiger partial charge is 0.232 e. The molecule has 144 valence electrons. The fourth-order valence-corrected chi connectivity index (χ4v) is 4.54. The third-order valence-electron chi connectivity index (χ3n) is 5.08. The standard InChI is InChI=1S/C21H24ClFN2OS/c1-15-5-3-8-20(16(15)2)24-9-11-25(12-10-24)21(26)14-27-13-17-18(22)6-4-7-19(17)23/h3-8H,9-14H2,1-2H3. The van der Waals surface area contributed by atoms with E-state index in [-0.39, 0.29) is 11.7 Å². The SMILES string of the molecule is Cc1cccc(N2CCN(C(=O)CSCc3c(F)cccc3Cl)CC2)c1C. The van der Waals surface area contributed by atoms with E-state index in [1.54, 1.807) is 12.1 Å². The van der Waals surface area contributed by atoms with E-state index < -0.39 is 0 Å². The van der Waals surface area contributed by atoms with E-state index in [4.69, 9.17) is 11.6 Å². The van der Waals surface area contributed by atoms with Gasteiger partial charge in [-0.1, -0.05) is 29.8 Å². The number of aryl methyl sites for hydroxylation is 1. The first kappa shape index (κ1) is 20.0. The summed E-state index contributed by atoms with van der Waals surface area (Å²) in [6, 6.07) is 11.0. The largest absolute Gasteiger partial charge is 0.368 e. The fourth-order valence-electron chi connectivity index (χ4n) is 3.28. The van der Waals surface area contributed by atoms with Crippen molar-refractivity contribution >= 4 is 35.0 Å². The van der Waals surface area contributed by atoms with Gasteiger partial charge in [-0.05, 0) is 43.2 Å². The molecule has 1 saturated heterocycles. The predicted molar refractivity (Wildman–Crippen MR) is 112 cm³/mol. The Balaban J connectivity index is 1.49. The summed E-state index contributed by atoms with van der Waals surface area (Å²) in [5, 5.41) is 0.414. The number of anilines is 1. The zero-order chi connectivity index (χ0) is 19.4. The Morgan fingerprint density at radius 3 is 2.52 bits per heavy atom. The lowest BCUT2D eigenvalue weighted by atomic mass is 10.1. The van der Waals surface area contributed by atoms with Gasteiger partial charge in [0.25, 0.3) is 0 Å². The van der Waals surface area contributed by atoms with Crippen LogP contribution >= 0.6 is 23.4 Å². The molecule has 0 aromatic heterocycles. The minimum absolute atomic E-state index is 0.105. The molecule has 0 radical (unpaired) electrons. The van der Waals surface area contributed by atoms with Gasteiger partial charge in [-0.15, -0.1) is 11.8 Å². The van der Waals surface area contributed by atoms with Crippen LogP contribution in [0.5, 0.6) is 0 Å². The Labute approximate surface area is 169 Å². The normalized spacial score (nSPS) is 14.5. The van der Waals surface area contributed by atoms with Crippen LogP contribution < -0.4 is 4.90 Å². The van der Waals surface area contributed by atoms with E-state index in [0.29, 0.717) is 35.2 Å². The van der Waals surface area contributed by atoms with E-state index >= 15 is 0 Å². The van der Waals surface area contributed by atoms with Crippen LogP contribution in [-0.4, -0.2) is 42.7 Å². The first-order valence-corrected chi connectivity index (χ1v) is 10.6. The van der Waals surface area contributed by atoms with E-state index in [1.165, 1.54) is 34.6 Å². The number of nitrogens with zero attached hydrogens (tertiary/aromatic N) is 2. The molecular formula is C21H24ClFN2OS. The van der Waals surface area contributed by atoms with Gasteiger partial charge in [-0.3, -0.25) is 4.79 Å². The number of benzene rings is 2. The molecule has 0 N–H and O–H groups in total. The molecule has 1 fully saturated rings. The molecule has 1 aliphatic rings. The highest BCUT2D eigenvalue weighted by Crippen LogP contribution is 2.25. The van der Waals surface area contributed by atoms with Crippen LogP contribution in [0.1, 0.15) is 16.7 Å². The minimum Gasteiger partial charge on any atom is -0.368 e. The van der Waals surface area contributed by atoms with E-state index in [0.717, 1.165) is 13.1 Å². The summed E-state index contributed by atoms with van der Waals surface area (Å²) in [5.41, 5.74) is 4.31. The van der Waals surface area contributed by atoms with Crippen LogP contribution in [-0.2, 0) is 10.5 Å². The molecule has 2 aromatic rings. The molecule has 6 heteroatoms. The van der Waals surface area contributed by atoms with Gasteiger partial charge in [0.15, 0.2) is 0 Å². The van der Waals surface area contributed by atoms with Crippen LogP contribution in [0.25, 0.3) is 0 Å². The molecule has 1 aliphatic heterocycles. The number of rotatable bonds is 5. The Morgan fingerprint density at radius 2 is 1.81 bits per heavy atom. The summed E-state index contributed by atoms with van der Waals surface area (Å²) in [6.07, 6.45) is 0. The maximum absolute atomic E-state index is 13.8. The number of hydrogen-bond acceptors (Lipinski definition) is 3. The summed E-state index contributed by atoms with van der Waals surface area (Å²) >= 11 is 7.45. The molecule has 0 bridgehead atoms. The maximum Gasteiger partial charge on any atom is 0.232 e. The van der Waals surface area contributed by atoms with Crippen molar-refractivity contribution in [1.29, 1.82) is 0 Å². The number of piperazine rings is 1. The molecule has 3 nitrogen and oxygen atoms in total. The predicted octanol–water partition coefficient (Wildman–Crippen LogP) is 4.68. The fraction of sp³-hybridized carbons (Fsp3) is 0.381. The zero-order valence-electron chi connectivity index (χ0n) is 15.7. The number of amides is 1. The van der Waals surface area contributed by atoms with Crippen molar-refractivity contribution in [3.8, 4) is 0 Å². The number of carbonyl (C=O) groups excluding carboxylic acids is 1. The van der Waals surface area contributed by atoms with Crippen molar-refractivity contribution in [2.75, 3.05) is 36.8 Å². The molecular weight excluding hydrogens is 383 g/mol. The Morgan fingerprint density at radius 1 is 1.11 bits per heavy atom. The minimum atomic E-state index is -0.315. The summed E-state index contributed by atoms with van der Waals surface area (Å²) in [4.78, 5) is 16.7. The number of thioether (sulfide) groups is 1. The second-order valence-electron chi connectivity index (χ2n) is 6.78. The van der Waals surface area contributed by atoms with Gasteiger partial charge < -0.3 is 9.80 Å². The van der Waals surface area contributed by atoms with Gasteiger partial charge in [-0.25, -0.2) is 4.39 Å². The average Bonchev–Trinajstić information content (AvgIpc) is 2.66. The monoisotopic (exact) mass is 406 g/mol. The van der Waals surface area contributed by atoms with Gasteiger partial charge in [0.05, 0.1) is 5.75 Å². The van der Waals surface area contributed by atoms with Gasteiger partial charge in [0, 0.05) is 48.2 Å². The second kappa shape index (κ2) is 8.98. The van der Waals surface area contributed by atoms with Crippen LogP contribution in [0, 0.1) is 19.7 Å². The van der Waals surface area contributed by atoms with Crippen molar-refractivity contribution in [3.05, 3.63) is 63.9 Å². The zero-order valence-corrected chi connectivity index (χ0v) is 17.2. The summed E-state index contributed by atoms with van der Waals surface area (Å²) in [5.74, 6) is 0.533. The highest BCUT2D eigenvalue weighted by atomic mass is 35.5. The van der Waals surface area contributed by atoms with Crippen molar-refractivity contribution in [3.63, 3.8) is 0 Å². The van der Waals surface area contributed by atoms with Crippen molar-refractivity contribution in [2.45, 2.75) is 19.6 Å². The lowest BCUT2D eigenvalue weighted by Crippen LogP contribution is -2.49. The van der Waals surface area contributed by atoms with Crippen molar-refractivity contribution < 1.29 is 9.18 Å². The second-order valence-corrected chi connectivity index (χ2v) is 8.17. The molecule has 0 spiro atoms. The van der Waals surface area contributed by atoms with Crippen molar-refractivity contribution in [2.24, 2.45) is 0 Å². The Kier molecular flexibility index (Phi) is 6.66. The summed E-state index contributed by atoms with van der Waals surface area (Å²) < 4.78 is 13.8. The molecule has 0 atom stereocenters. The molecule has 0 unspecified atom stereocenters.